The van der Waals surface area contributed by atoms with Gasteiger partial charge in [-0.15, -0.1) is 0 Å². The van der Waals surface area contributed by atoms with Gasteiger partial charge in [0, 0.05) is 65.3 Å². The van der Waals surface area contributed by atoms with Crippen LogP contribution in [0.15, 0.2) is 30.3 Å². The lowest BCUT2D eigenvalue weighted by atomic mass is 9.92. The summed E-state index contributed by atoms with van der Waals surface area (Å²) >= 11 is 0. The SMILES string of the molecule is CC(C)(C)OC(=O)N1CCC(CN2CC[C@@H](CN3CCN(C(=O)OCc4ccccc4)CC3)CC2=O)CC1. The second kappa shape index (κ2) is 12.8. The Bertz CT molecular complexity index is 934. The van der Waals surface area contributed by atoms with Crippen LogP contribution in [0.3, 0.4) is 0 Å². The van der Waals surface area contributed by atoms with Crippen molar-refractivity contribution in [2.24, 2.45) is 11.8 Å². The number of benzene rings is 1. The summed E-state index contributed by atoms with van der Waals surface area (Å²) in [7, 11) is 0. The molecule has 3 aliphatic heterocycles. The van der Waals surface area contributed by atoms with E-state index in [0.29, 0.717) is 51.0 Å². The predicted octanol–water partition coefficient (Wildman–Crippen LogP) is 3.83. The molecule has 3 aliphatic rings. The molecule has 9 nitrogen and oxygen atoms in total. The molecule has 1 atom stereocenters. The zero-order chi connectivity index (χ0) is 27.1. The molecule has 38 heavy (non-hydrogen) atoms. The van der Waals surface area contributed by atoms with Crippen LogP contribution in [0.2, 0.25) is 0 Å². The number of carbonyl (C=O) groups excluding carboxylic acids is 3. The predicted molar refractivity (Wildman–Crippen MR) is 144 cm³/mol. The minimum absolute atomic E-state index is 0.238. The number of piperazine rings is 1. The summed E-state index contributed by atoms with van der Waals surface area (Å²) < 4.78 is 11.0. The number of hydrogen-bond donors (Lipinski definition) is 0. The lowest BCUT2D eigenvalue weighted by Crippen LogP contribution is -2.51. The Hall–Kier alpha value is -2.81. The van der Waals surface area contributed by atoms with Gasteiger partial charge in [0.1, 0.15) is 12.2 Å². The third-order valence-electron chi connectivity index (χ3n) is 7.72. The van der Waals surface area contributed by atoms with Crippen molar-refractivity contribution >= 4 is 18.1 Å². The van der Waals surface area contributed by atoms with Crippen LogP contribution < -0.4 is 0 Å². The summed E-state index contributed by atoms with van der Waals surface area (Å²) in [6, 6.07) is 9.73. The number of rotatable bonds is 6. The van der Waals surface area contributed by atoms with Crippen molar-refractivity contribution in [2.45, 2.75) is 58.7 Å². The Morgan fingerprint density at radius 2 is 1.45 bits per heavy atom. The summed E-state index contributed by atoms with van der Waals surface area (Å²) in [5, 5.41) is 0. The van der Waals surface area contributed by atoms with E-state index in [2.05, 4.69) is 4.90 Å². The first kappa shape index (κ1) is 28.2. The van der Waals surface area contributed by atoms with E-state index in [1.165, 1.54) is 0 Å². The molecule has 3 amide bonds. The van der Waals surface area contributed by atoms with E-state index in [1.807, 2.05) is 56.0 Å². The van der Waals surface area contributed by atoms with Gasteiger partial charge < -0.3 is 24.2 Å². The Balaban J connectivity index is 1.11. The van der Waals surface area contributed by atoms with Crippen molar-refractivity contribution in [1.29, 1.82) is 0 Å². The fourth-order valence-corrected chi connectivity index (χ4v) is 5.52. The Morgan fingerprint density at radius 1 is 0.816 bits per heavy atom. The lowest BCUT2D eigenvalue weighted by molar-refractivity contribution is -0.136. The van der Waals surface area contributed by atoms with Gasteiger partial charge in [-0.3, -0.25) is 9.69 Å². The number of amides is 3. The number of piperidine rings is 2. The lowest BCUT2D eigenvalue weighted by Gasteiger charge is -2.40. The number of hydrogen-bond acceptors (Lipinski definition) is 6. The summed E-state index contributed by atoms with van der Waals surface area (Å²) in [6.07, 6.45) is 2.93. The van der Waals surface area contributed by atoms with Gasteiger partial charge in [-0.05, 0) is 57.4 Å². The van der Waals surface area contributed by atoms with E-state index in [0.717, 1.165) is 57.5 Å². The van der Waals surface area contributed by atoms with Gasteiger partial charge in [0.25, 0.3) is 0 Å². The number of carbonyl (C=O) groups is 3. The van der Waals surface area contributed by atoms with Gasteiger partial charge >= 0.3 is 12.2 Å². The van der Waals surface area contributed by atoms with Gasteiger partial charge in [-0.25, -0.2) is 9.59 Å². The second-order valence-corrected chi connectivity index (χ2v) is 11.9. The van der Waals surface area contributed by atoms with E-state index in [4.69, 9.17) is 9.47 Å². The van der Waals surface area contributed by atoms with Gasteiger partial charge in [0.05, 0.1) is 0 Å². The minimum Gasteiger partial charge on any atom is -0.445 e. The maximum Gasteiger partial charge on any atom is 0.410 e. The molecule has 3 heterocycles. The van der Waals surface area contributed by atoms with Gasteiger partial charge in [0.15, 0.2) is 0 Å². The Kier molecular flexibility index (Phi) is 9.52. The molecule has 0 saturated carbocycles. The van der Waals surface area contributed by atoms with Crippen LogP contribution in [-0.4, -0.2) is 102 Å². The van der Waals surface area contributed by atoms with Gasteiger partial charge in [-0.1, -0.05) is 30.3 Å². The highest BCUT2D eigenvalue weighted by Gasteiger charge is 2.32. The summed E-state index contributed by atoms with van der Waals surface area (Å²) in [5.74, 6) is 1.05. The average Bonchev–Trinajstić information content (AvgIpc) is 2.89. The molecule has 4 rings (SSSR count). The molecule has 3 saturated heterocycles. The van der Waals surface area contributed by atoms with Gasteiger partial charge in [-0.2, -0.15) is 0 Å². The molecule has 0 unspecified atom stereocenters. The zero-order valence-corrected chi connectivity index (χ0v) is 23.3. The van der Waals surface area contributed by atoms with Crippen LogP contribution in [0.4, 0.5) is 9.59 Å². The van der Waals surface area contributed by atoms with E-state index < -0.39 is 5.60 Å². The Labute approximate surface area is 227 Å². The highest BCUT2D eigenvalue weighted by atomic mass is 16.6. The van der Waals surface area contributed by atoms with Crippen molar-refractivity contribution in [2.75, 3.05) is 58.9 Å². The molecule has 1 aromatic carbocycles. The van der Waals surface area contributed by atoms with Crippen LogP contribution in [0.5, 0.6) is 0 Å². The van der Waals surface area contributed by atoms with Crippen molar-refractivity contribution in [3.8, 4) is 0 Å². The maximum absolute atomic E-state index is 12.9. The number of ether oxygens (including phenoxy) is 2. The standard InChI is InChI=1S/C29H44N4O5/c1-29(2,3)38-28(36)31-12-9-23(10-13-31)21-33-14-11-25(19-26(33)34)20-30-15-17-32(18-16-30)27(35)37-22-24-7-5-4-6-8-24/h4-8,23,25H,9-22H2,1-3H3/t25-/m1/s1. The van der Waals surface area contributed by atoms with Crippen LogP contribution in [-0.2, 0) is 20.9 Å². The molecule has 1 aromatic rings. The highest BCUT2D eigenvalue weighted by molar-refractivity contribution is 5.77. The van der Waals surface area contributed by atoms with E-state index >= 15 is 0 Å². The molecule has 0 N–H and O–H groups in total. The van der Waals surface area contributed by atoms with E-state index in [-0.39, 0.29) is 18.1 Å². The summed E-state index contributed by atoms with van der Waals surface area (Å²) in [6.45, 7) is 12.8. The largest absolute Gasteiger partial charge is 0.445 e. The third kappa shape index (κ3) is 8.35. The fourth-order valence-electron chi connectivity index (χ4n) is 5.52. The van der Waals surface area contributed by atoms with Crippen LogP contribution in [0.25, 0.3) is 0 Å². The molecular weight excluding hydrogens is 484 g/mol. The molecule has 0 radical (unpaired) electrons. The molecule has 0 aromatic heterocycles. The zero-order valence-electron chi connectivity index (χ0n) is 23.3. The second-order valence-electron chi connectivity index (χ2n) is 11.9. The first-order chi connectivity index (χ1) is 18.2. The summed E-state index contributed by atoms with van der Waals surface area (Å²) in [5.41, 5.74) is 0.508. The van der Waals surface area contributed by atoms with Gasteiger partial charge in [0.2, 0.25) is 5.91 Å². The third-order valence-corrected chi connectivity index (χ3v) is 7.72. The molecule has 3 fully saturated rings. The van der Waals surface area contributed by atoms with E-state index in [1.54, 1.807) is 9.80 Å². The van der Waals surface area contributed by atoms with Crippen LogP contribution in [0, 0.1) is 11.8 Å². The van der Waals surface area contributed by atoms with Crippen molar-refractivity contribution in [3.05, 3.63) is 35.9 Å². The van der Waals surface area contributed by atoms with Crippen molar-refractivity contribution < 1.29 is 23.9 Å². The average molecular weight is 529 g/mol. The molecule has 9 heteroatoms. The van der Waals surface area contributed by atoms with Crippen LogP contribution in [0.1, 0.15) is 52.0 Å². The van der Waals surface area contributed by atoms with Crippen molar-refractivity contribution in [1.82, 2.24) is 19.6 Å². The molecule has 0 aliphatic carbocycles. The fraction of sp³-hybridized carbons (Fsp3) is 0.690. The molecule has 0 bridgehead atoms. The van der Waals surface area contributed by atoms with E-state index in [9.17, 15) is 14.4 Å². The quantitative estimate of drug-likeness (QED) is 0.558. The monoisotopic (exact) mass is 528 g/mol. The highest BCUT2D eigenvalue weighted by Crippen LogP contribution is 2.25. The first-order valence-corrected chi connectivity index (χ1v) is 14.1. The normalized spacial score (nSPS) is 21.9. The molecule has 210 valence electrons. The van der Waals surface area contributed by atoms with Crippen molar-refractivity contribution in [3.63, 3.8) is 0 Å². The molecule has 0 spiro atoms. The smallest absolute Gasteiger partial charge is 0.410 e. The minimum atomic E-state index is -0.480. The topological polar surface area (TPSA) is 82.6 Å². The first-order valence-electron chi connectivity index (χ1n) is 14.1. The maximum atomic E-state index is 12.9. The number of likely N-dealkylation sites (tertiary alicyclic amines) is 2. The Morgan fingerprint density at radius 3 is 2.08 bits per heavy atom. The van der Waals surface area contributed by atoms with Crippen LogP contribution >= 0.6 is 0 Å². The molecular formula is C29H44N4O5. The number of nitrogens with zero attached hydrogens (tertiary/aromatic N) is 4. The summed E-state index contributed by atoms with van der Waals surface area (Å²) in [4.78, 5) is 45.6.